The van der Waals surface area contributed by atoms with Gasteiger partial charge in [-0.05, 0) is 37.0 Å². The molecule has 0 aliphatic heterocycles. The molecule has 4 heteroatoms. The molecule has 2 atom stereocenters. The first-order valence-electron chi connectivity index (χ1n) is 7.44. The first kappa shape index (κ1) is 13.6. The monoisotopic (exact) mass is 274 g/mol. The van der Waals surface area contributed by atoms with Gasteiger partial charge in [-0.1, -0.05) is 19.9 Å². The molecule has 108 valence electrons. The summed E-state index contributed by atoms with van der Waals surface area (Å²) in [5.41, 5.74) is 2.94. The third kappa shape index (κ3) is 2.72. The quantitative estimate of drug-likeness (QED) is 0.900. The van der Waals surface area contributed by atoms with Crippen LogP contribution in [-0.2, 0) is 6.54 Å². The highest BCUT2D eigenvalue weighted by Crippen LogP contribution is 2.23. The summed E-state index contributed by atoms with van der Waals surface area (Å²) >= 11 is 0. The fourth-order valence-corrected chi connectivity index (χ4v) is 2.78. The minimum Gasteiger partial charge on any atom is -0.440 e. The predicted octanol–water partition coefficient (Wildman–Crippen LogP) is 2.95. The molecule has 0 saturated heterocycles. The lowest BCUT2D eigenvalue weighted by molar-refractivity contribution is 0.148. The lowest BCUT2D eigenvalue weighted by Crippen LogP contribution is -2.34. The molecule has 0 bridgehead atoms. The van der Waals surface area contributed by atoms with Gasteiger partial charge in [0.15, 0.2) is 11.5 Å². The molecule has 20 heavy (non-hydrogen) atoms. The molecule has 1 fully saturated rings. The van der Waals surface area contributed by atoms with Crippen LogP contribution < -0.4 is 5.32 Å². The third-order valence-electron chi connectivity index (χ3n) is 4.01. The van der Waals surface area contributed by atoms with E-state index in [1.54, 1.807) is 0 Å². The fourth-order valence-electron chi connectivity index (χ4n) is 2.78. The standard InChI is InChI=1S/C16H22N2O2/c1-10(2)16-18-13-8-11(6-7-15(13)20-16)9-17-12-4-3-5-14(12)19/h6-8,10,12,14,17,19H,3-5,9H2,1-2H3/t12-,14-/m0/s1. The second-order valence-electron chi connectivity index (χ2n) is 5.99. The summed E-state index contributed by atoms with van der Waals surface area (Å²) in [6, 6.07) is 6.34. The molecule has 1 heterocycles. The van der Waals surface area contributed by atoms with Crippen LogP contribution in [0.2, 0.25) is 0 Å². The highest BCUT2D eigenvalue weighted by atomic mass is 16.3. The van der Waals surface area contributed by atoms with Crippen molar-refractivity contribution in [3.05, 3.63) is 29.7 Å². The molecule has 1 aliphatic rings. The molecule has 0 unspecified atom stereocenters. The average molecular weight is 274 g/mol. The maximum absolute atomic E-state index is 9.81. The zero-order valence-corrected chi connectivity index (χ0v) is 12.1. The Morgan fingerprint density at radius 1 is 1.40 bits per heavy atom. The fraction of sp³-hybridized carbons (Fsp3) is 0.562. The number of aliphatic hydroxyl groups is 1. The van der Waals surface area contributed by atoms with Crippen LogP contribution >= 0.6 is 0 Å². The average Bonchev–Trinajstić information content (AvgIpc) is 3.01. The largest absolute Gasteiger partial charge is 0.440 e. The van der Waals surface area contributed by atoms with Crippen LogP contribution in [0.5, 0.6) is 0 Å². The van der Waals surface area contributed by atoms with Crippen molar-refractivity contribution in [2.75, 3.05) is 0 Å². The van der Waals surface area contributed by atoms with Gasteiger partial charge in [-0.2, -0.15) is 0 Å². The number of rotatable bonds is 4. The Bertz CT molecular complexity index is 591. The first-order valence-corrected chi connectivity index (χ1v) is 7.44. The van der Waals surface area contributed by atoms with Gasteiger partial charge < -0.3 is 14.8 Å². The number of oxazole rings is 1. The van der Waals surface area contributed by atoms with E-state index in [0.29, 0.717) is 5.92 Å². The van der Waals surface area contributed by atoms with E-state index in [0.717, 1.165) is 42.8 Å². The van der Waals surface area contributed by atoms with E-state index >= 15 is 0 Å². The summed E-state index contributed by atoms with van der Waals surface area (Å²) < 4.78 is 5.71. The maximum atomic E-state index is 9.81. The third-order valence-corrected chi connectivity index (χ3v) is 4.01. The van der Waals surface area contributed by atoms with Gasteiger partial charge in [-0.3, -0.25) is 0 Å². The minimum absolute atomic E-state index is 0.196. The van der Waals surface area contributed by atoms with E-state index < -0.39 is 0 Å². The zero-order valence-electron chi connectivity index (χ0n) is 12.1. The summed E-state index contributed by atoms with van der Waals surface area (Å²) in [7, 11) is 0. The Labute approximate surface area is 119 Å². The molecule has 3 rings (SSSR count). The molecule has 1 saturated carbocycles. The van der Waals surface area contributed by atoms with Gasteiger partial charge in [0.2, 0.25) is 0 Å². The lowest BCUT2D eigenvalue weighted by atomic mass is 10.1. The molecule has 1 aromatic carbocycles. The molecular formula is C16H22N2O2. The lowest BCUT2D eigenvalue weighted by Gasteiger charge is -2.16. The van der Waals surface area contributed by atoms with E-state index in [-0.39, 0.29) is 12.1 Å². The van der Waals surface area contributed by atoms with Crippen LogP contribution in [0.25, 0.3) is 11.1 Å². The molecule has 2 N–H and O–H groups in total. The molecule has 4 nitrogen and oxygen atoms in total. The van der Waals surface area contributed by atoms with Crippen LogP contribution in [0.3, 0.4) is 0 Å². The summed E-state index contributed by atoms with van der Waals surface area (Å²) in [6.07, 6.45) is 2.89. The highest BCUT2D eigenvalue weighted by Gasteiger charge is 2.24. The summed E-state index contributed by atoms with van der Waals surface area (Å²) in [5.74, 6) is 1.09. The van der Waals surface area contributed by atoms with Crippen molar-refractivity contribution in [3.63, 3.8) is 0 Å². The molecule has 0 spiro atoms. The highest BCUT2D eigenvalue weighted by molar-refractivity contribution is 5.73. The van der Waals surface area contributed by atoms with Gasteiger partial charge in [0.25, 0.3) is 0 Å². The summed E-state index contributed by atoms with van der Waals surface area (Å²) in [6.45, 7) is 4.92. The van der Waals surface area contributed by atoms with Gasteiger partial charge in [0, 0.05) is 18.5 Å². The molecule has 0 radical (unpaired) electrons. The first-order chi connectivity index (χ1) is 9.63. The molecule has 2 aromatic rings. The topological polar surface area (TPSA) is 58.3 Å². The van der Waals surface area contributed by atoms with Crippen molar-refractivity contribution in [3.8, 4) is 0 Å². The van der Waals surface area contributed by atoms with Crippen LogP contribution in [-0.4, -0.2) is 22.2 Å². The van der Waals surface area contributed by atoms with E-state index in [4.69, 9.17) is 4.42 Å². The van der Waals surface area contributed by atoms with Crippen molar-refractivity contribution in [1.82, 2.24) is 10.3 Å². The van der Waals surface area contributed by atoms with E-state index in [9.17, 15) is 5.11 Å². The number of hydrogen-bond donors (Lipinski definition) is 2. The Kier molecular flexibility index (Phi) is 3.76. The number of aromatic nitrogens is 1. The Morgan fingerprint density at radius 2 is 2.25 bits per heavy atom. The Hall–Kier alpha value is -1.39. The molecule has 0 amide bonds. The van der Waals surface area contributed by atoms with Crippen molar-refractivity contribution in [2.24, 2.45) is 0 Å². The van der Waals surface area contributed by atoms with E-state index in [2.05, 4.69) is 36.3 Å². The number of hydrogen-bond acceptors (Lipinski definition) is 4. The van der Waals surface area contributed by atoms with Gasteiger partial charge >= 0.3 is 0 Å². The normalized spacial score (nSPS) is 23.0. The van der Waals surface area contributed by atoms with Crippen LogP contribution in [0.15, 0.2) is 22.6 Å². The second kappa shape index (κ2) is 5.54. The summed E-state index contributed by atoms with van der Waals surface area (Å²) in [5, 5.41) is 13.2. The van der Waals surface area contributed by atoms with Crippen molar-refractivity contribution in [2.45, 2.75) is 57.7 Å². The van der Waals surface area contributed by atoms with Crippen LogP contribution in [0.1, 0.15) is 50.5 Å². The Balaban J connectivity index is 1.72. The van der Waals surface area contributed by atoms with Crippen LogP contribution in [0.4, 0.5) is 0 Å². The molecule has 1 aromatic heterocycles. The van der Waals surface area contributed by atoms with Gasteiger partial charge in [0.05, 0.1) is 6.10 Å². The predicted molar refractivity (Wildman–Crippen MR) is 78.6 cm³/mol. The van der Waals surface area contributed by atoms with Crippen molar-refractivity contribution < 1.29 is 9.52 Å². The van der Waals surface area contributed by atoms with Gasteiger partial charge in [-0.15, -0.1) is 0 Å². The van der Waals surface area contributed by atoms with Crippen LogP contribution in [0, 0.1) is 0 Å². The number of fused-ring (bicyclic) bond motifs is 1. The zero-order chi connectivity index (χ0) is 14.1. The Morgan fingerprint density at radius 3 is 2.95 bits per heavy atom. The molecule has 1 aliphatic carbocycles. The number of nitrogens with one attached hydrogen (secondary N) is 1. The van der Waals surface area contributed by atoms with Crippen molar-refractivity contribution >= 4 is 11.1 Å². The second-order valence-corrected chi connectivity index (χ2v) is 5.99. The smallest absolute Gasteiger partial charge is 0.198 e. The minimum atomic E-state index is -0.196. The van der Waals surface area contributed by atoms with E-state index in [1.807, 2.05) is 6.07 Å². The van der Waals surface area contributed by atoms with Gasteiger partial charge in [-0.25, -0.2) is 4.98 Å². The summed E-state index contributed by atoms with van der Waals surface area (Å²) in [4.78, 5) is 4.52. The van der Waals surface area contributed by atoms with Crippen molar-refractivity contribution in [1.29, 1.82) is 0 Å². The number of benzene rings is 1. The SMILES string of the molecule is CC(C)c1nc2cc(CN[C@H]3CCC[C@@H]3O)ccc2o1. The number of nitrogens with zero attached hydrogens (tertiary/aromatic N) is 1. The maximum Gasteiger partial charge on any atom is 0.198 e. The van der Waals surface area contributed by atoms with Gasteiger partial charge in [0.1, 0.15) is 5.52 Å². The molecular weight excluding hydrogens is 252 g/mol. The number of aliphatic hydroxyl groups excluding tert-OH is 1. The van der Waals surface area contributed by atoms with E-state index in [1.165, 1.54) is 5.56 Å².